The molecular weight excluding hydrogens is 300 g/mol. The van der Waals surface area contributed by atoms with E-state index in [0.717, 1.165) is 30.7 Å². The molecule has 1 saturated heterocycles. The fourth-order valence-corrected chi connectivity index (χ4v) is 3.39. The van der Waals surface area contributed by atoms with Gasteiger partial charge < -0.3 is 15.8 Å². The second kappa shape index (κ2) is 6.57. The lowest BCUT2D eigenvalue weighted by atomic mass is 9.91. The molecule has 3 N–H and O–H groups in total. The first-order valence-corrected chi connectivity index (χ1v) is 8.36. The largest absolute Gasteiger partial charge is 0.381 e. The molecule has 1 atom stereocenters. The molecule has 5 heteroatoms. The molecule has 1 heterocycles. The zero-order chi connectivity index (χ0) is 15.6. The standard InChI is InChI=1S/C17H23ClN2O2/c18-14-3-1-2-13(10-14)17(6-7-17)11-20-16(21)15(19)12-4-8-22-9-5-12/h1-3,10,12,15H,4-9,11,19H2,(H,20,21). The topological polar surface area (TPSA) is 64.4 Å². The maximum Gasteiger partial charge on any atom is 0.237 e. The molecule has 2 aliphatic rings. The van der Waals surface area contributed by atoms with Crippen LogP contribution in [0.3, 0.4) is 0 Å². The molecule has 1 aliphatic carbocycles. The number of halogens is 1. The van der Waals surface area contributed by atoms with Gasteiger partial charge in [0, 0.05) is 30.2 Å². The average molecular weight is 323 g/mol. The Morgan fingerprint density at radius 2 is 2.14 bits per heavy atom. The molecule has 1 aliphatic heterocycles. The van der Waals surface area contributed by atoms with E-state index >= 15 is 0 Å². The van der Waals surface area contributed by atoms with Crippen LogP contribution in [-0.2, 0) is 14.9 Å². The number of amides is 1. The van der Waals surface area contributed by atoms with E-state index in [-0.39, 0.29) is 17.2 Å². The van der Waals surface area contributed by atoms with E-state index in [4.69, 9.17) is 22.1 Å². The highest BCUT2D eigenvalue weighted by atomic mass is 35.5. The van der Waals surface area contributed by atoms with Crippen molar-refractivity contribution in [2.75, 3.05) is 19.8 Å². The Bertz CT molecular complexity index is 539. The Morgan fingerprint density at radius 1 is 1.41 bits per heavy atom. The van der Waals surface area contributed by atoms with Crippen LogP contribution in [0, 0.1) is 5.92 Å². The number of hydrogen-bond donors (Lipinski definition) is 2. The summed E-state index contributed by atoms with van der Waals surface area (Å²) in [6, 6.07) is 7.50. The summed E-state index contributed by atoms with van der Waals surface area (Å²) in [6.45, 7) is 2.05. The van der Waals surface area contributed by atoms with Gasteiger partial charge in [0.15, 0.2) is 0 Å². The molecule has 22 heavy (non-hydrogen) atoms. The lowest BCUT2D eigenvalue weighted by Crippen LogP contribution is -2.48. The number of carbonyl (C=O) groups is 1. The zero-order valence-corrected chi connectivity index (χ0v) is 13.4. The minimum Gasteiger partial charge on any atom is -0.381 e. The normalized spacial score (nSPS) is 22.1. The van der Waals surface area contributed by atoms with Gasteiger partial charge in [-0.25, -0.2) is 0 Å². The average Bonchev–Trinajstić information content (AvgIpc) is 3.34. The fraction of sp³-hybridized carbons (Fsp3) is 0.588. The Hall–Kier alpha value is -1.10. The lowest BCUT2D eigenvalue weighted by Gasteiger charge is -2.27. The third kappa shape index (κ3) is 3.45. The van der Waals surface area contributed by atoms with Gasteiger partial charge in [-0.15, -0.1) is 0 Å². The quantitative estimate of drug-likeness (QED) is 0.874. The molecule has 1 aromatic rings. The summed E-state index contributed by atoms with van der Waals surface area (Å²) >= 11 is 6.07. The molecule has 120 valence electrons. The van der Waals surface area contributed by atoms with Crippen molar-refractivity contribution in [3.63, 3.8) is 0 Å². The molecule has 2 fully saturated rings. The summed E-state index contributed by atoms with van der Waals surface area (Å²) in [7, 11) is 0. The van der Waals surface area contributed by atoms with Crippen LogP contribution in [0.5, 0.6) is 0 Å². The zero-order valence-electron chi connectivity index (χ0n) is 12.7. The highest BCUT2D eigenvalue weighted by molar-refractivity contribution is 6.30. The number of nitrogens with two attached hydrogens (primary N) is 1. The van der Waals surface area contributed by atoms with Crippen molar-refractivity contribution < 1.29 is 9.53 Å². The lowest BCUT2D eigenvalue weighted by molar-refractivity contribution is -0.124. The highest BCUT2D eigenvalue weighted by Crippen LogP contribution is 2.48. The second-order valence-corrected chi connectivity index (χ2v) is 6.92. The van der Waals surface area contributed by atoms with Gasteiger partial charge in [0.25, 0.3) is 0 Å². The van der Waals surface area contributed by atoms with Crippen LogP contribution in [-0.4, -0.2) is 31.7 Å². The van der Waals surface area contributed by atoms with Crippen molar-refractivity contribution in [2.24, 2.45) is 11.7 Å². The molecule has 0 bridgehead atoms. The van der Waals surface area contributed by atoms with Crippen LogP contribution in [0.4, 0.5) is 0 Å². The van der Waals surface area contributed by atoms with E-state index in [1.54, 1.807) is 0 Å². The Labute approximate surface area is 136 Å². The van der Waals surface area contributed by atoms with E-state index in [2.05, 4.69) is 11.4 Å². The van der Waals surface area contributed by atoms with Crippen molar-refractivity contribution in [2.45, 2.75) is 37.1 Å². The second-order valence-electron chi connectivity index (χ2n) is 6.48. The Balaban J connectivity index is 1.56. The summed E-state index contributed by atoms with van der Waals surface area (Å²) in [5.74, 6) is 0.190. The Kier molecular flexibility index (Phi) is 4.71. The predicted molar refractivity (Wildman–Crippen MR) is 86.9 cm³/mol. The van der Waals surface area contributed by atoms with Crippen molar-refractivity contribution in [1.29, 1.82) is 0 Å². The molecule has 0 spiro atoms. The van der Waals surface area contributed by atoms with E-state index < -0.39 is 6.04 Å². The maximum absolute atomic E-state index is 12.3. The summed E-state index contributed by atoms with van der Waals surface area (Å²) in [4.78, 5) is 12.3. The van der Waals surface area contributed by atoms with Crippen molar-refractivity contribution in [3.05, 3.63) is 34.9 Å². The van der Waals surface area contributed by atoms with Crippen LogP contribution >= 0.6 is 11.6 Å². The first-order valence-electron chi connectivity index (χ1n) is 7.98. The van der Waals surface area contributed by atoms with Crippen molar-refractivity contribution in [1.82, 2.24) is 5.32 Å². The van der Waals surface area contributed by atoms with Gasteiger partial charge in [0.1, 0.15) is 0 Å². The first-order chi connectivity index (χ1) is 10.6. The maximum atomic E-state index is 12.3. The Morgan fingerprint density at radius 3 is 2.77 bits per heavy atom. The smallest absolute Gasteiger partial charge is 0.237 e. The van der Waals surface area contributed by atoms with Crippen molar-refractivity contribution >= 4 is 17.5 Å². The number of ether oxygens (including phenoxy) is 1. The number of hydrogen-bond acceptors (Lipinski definition) is 3. The highest BCUT2D eigenvalue weighted by Gasteiger charge is 2.44. The van der Waals surface area contributed by atoms with Gasteiger partial charge in [-0.05, 0) is 49.3 Å². The minimum atomic E-state index is -0.431. The number of benzene rings is 1. The molecule has 1 saturated carbocycles. The molecule has 0 radical (unpaired) electrons. The fourth-order valence-electron chi connectivity index (χ4n) is 3.20. The van der Waals surface area contributed by atoms with Crippen LogP contribution in [0.25, 0.3) is 0 Å². The summed E-state index contributed by atoms with van der Waals surface area (Å²) < 4.78 is 5.32. The molecule has 1 amide bonds. The number of nitrogens with one attached hydrogen (secondary N) is 1. The minimum absolute atomic E-state index is 0.0415. The monoisotopic (exact) mass is 322 g/mol. The molecule has 0 aromatic heterocycles. The van der Waals surface area contributed by atoms with Crippen LogP contribution in [0.15, 0.2) is 24.3 Å². The third-order valence-electron chi connectivity index (χ3n) is 4.97. The molecule has 3 rings (SSSR count). The SMILES string of the molecule is NC(C(=O)NCC1(c2cccc(Cl)c2)CC1)C1CCOCC1. The number of carbonyl (C=O) groups excluding carboxylic acids is 1. The molecule has 1 unspecified atom stereocenters. The first kappa shape index (κ1) is 15.8. The third-order valence-corrected chi connectivity index (χ3v) is 5.20. The molecule has 4 nitrogen and oxygen atoms in total. The van der Waals surface area contributed by atoms with Crippen LogP contribution in [0.1, 0.15) is 31.2 Å². The van der Waals surface area contributed by atoms with Gasteiger partial charge in [-0.1, -0.05) is 23.7 Å². The van der Waals surface area contributed by atoms with E-state index in [0.29, 0.717) is 19.8 Å². The summed E-state index contributed by atoms with van der Waals surface area (Å²) in [5.41, 5.74) is 7.38. The van der Waals surface area contributed by atoms with E-state index in [1.807, 2.05) is 18.2 Å². The van der Waals surface area contributed by atoms with Gasteiger partial charge in [-0.2, -0.15) is 0 Å². The van der Waals surface area contributed by atoms with Crippen LogP contribution < -0.4 is 11.1 Å². The van der Waals surface area contributed by atoms with Crippen molar-refractivity contribution in [3.8, 4) is 0 Å². The summed E-state index contributed by atoms with van der Waals surface area (Å²) in [5, 5.41) is 3.80. The van der Waals surface area contributed by atoms with Gasteiger partial charge in [0.2, 0.25) is 5.91 Å². The van der Waals surface area contributed by atoms with Gasteiger partial charge in [-0.3, -0.25) is 4.79 Å². The van der Waals surface area contributed by atoms with Gasteiger partial charge in [0.05, 0.1) is 6.04 Å². The summed E-state index contributed by atoms with van der Waals surface area (Å²) in [6.07, 6.45) is 3.91. The van der Waals surface area contributed by atoms with E-state index in [1.165, 1.54) is 5.56 Å². The van der Waals surface area contributed by atoms with E-state index in [9.17, 15) is 4.79 Å². The van der Waals surface area contributed by atoms with Crippen LogP contribution in [0.2, 0.25) is 5.02 Å². The van der Waals surface area contributed by atoms with Gasteiger partial charge >= 0.3 is 0 Å². The predicted octanol–water partition coefficient (Wildman–Crippen LogP) is 2.24. The number of rotatable bonds is 5. The molecule has 1 aromatic carbocycles. The molecular formula is C17H23ClN2O2.